The van der Waals surface area contributed by atoms with Gasteiger partial charge in [-0.25, -0.2) is 0 Å². The van der Waals surface area contributed by atoms with Gasteiger partial charge in [-0.1, -0.05) is 0 Å². The van der Waals surface area contributed by atoms with E-state index in [2.05, 4.69) is 63.7 Å². The number of hydrogen-bond acceptors (Lipinski definition) is 4. The molecule has 4 N–H and O–H groups in total. The Bertz CT molecular complexity index is 751. The Hall–Kier alpha value is -0.610. The van der Waals surface area contributed by atoms with Crippen molar-refractivity contribution in [2.45, 2.75) is 12.5 Å². The van der Waals surface area contributed by atoms with Crippen LogP contribution in [0.15, 0.2) is 42.2 Å². The minimum absolute atomic E-state index is 0.0819. The van der Waals surface area contributed by atoms with Gasteiger partial charge < -0.3 is 20.7 Å². The highest BCUT2D eigenvalue weighted by atomic mass is 79.9. The SMILES string of the molecule is N[C@H](Cc1cc(Br)c(Oc2cc(Br)c(O)c(Br)c2)c(Br)c1)C(=O)O. The molecule has 0 fully saturated rings. The Morgan fingerprint density at radius 3 is 2.00 bits per heavy atom. The van der Waals surface area contributed by atoms with E-state index in [0.717, 1.165) is 5.56 Å². The molecule has 5 nitrogen and oxygen atoms in total. The van der Waals surface area contributed by atoms with Crippen molar-refractivity contribution in [3.05, 3.63) is 47.7 Å². The van der Waals surface area contributed by atoms with Gasteiger partial charge in [0.2, 0.25) is 0 Å². The van der Waals surface area contributed by atoms with Crippen LogP contribution in [0.4, 0.5) is 0 Å². The lowest BCUT2D eigenvalue weighted by Crippen LogP contribution is -2.32. The number of phenolic OH excluding ortho intramolecular Hbond substituents is 1. The fourth-order valence-corrected chi connectivity index (χ4v) is 4.48. The van der Waals surface area contributed by atoms with E-state index < -0.39 is 12.0 Å². The predicted octanol–water partition coefficient (Wildman–Crippen LogP) is 5.19. The van der Waals surface area contributed by atoms with Gasteiger partial charge in [-0.3, -0.25) is 4.79 Å². The van der Waals surface area contributed by atoms with E-state index in [1.54, 1.807) is 24.3 Å². The van der Waals surface area contributed by atoms with Crippen molar-refractivity contribution in [2.24, 2.45) is 5.73 Å². The third kappa shape index (κ3) is 4.72. The Kier molecular flexibility index (Phi) is 6.72. The third-order valence-electron chi connectivity index (χ3n) is 3.04. The van der Waals surface area contributed by atoms with E-state index in [1.165, 1.54) is 0 Å². The van der Waals surface area contributed by atoms with Crippen molar-refractivity contribution in [2.75, 3.05) is 0 Å². The van der Waals surface area contributed by atoms with Crippen molar-refractivity contribution in [3.8, 4) is 17.2 Å². The van der Waals surface area contributed by atoms with E-state index >= 15 is 0 Å². The molecule has 0 heterocycles. The lowest BCUT2D eigenvalue weighted by molar-refractivity contribution is -0.138. The molecule has 1 atom stereocenters. The summed E-state index contributed by atoms with van der Waals surface area (Å²) < 4.78 is 8.12. The second kappa shape index (κ2) is 8.18. The van der Waals surface area contributed by atoms with Crippen molar-refractivity contribution < 1.29 is 19.7 Å². The van der Waals surface area contributed by atoms with Gasteiger partial charge in [0.15, 0.2) is 5.75 Å². The number of carbonyl (C=O) groups is 1. The molecule has 9 heteroatoms. The smallest absolute Gasteiger partial charge is 0.320 e. The number of nitrogens with two attached hydrogens (primary N) is 1. The monoisotopic (exact) mass is 585 g/mol. The van der Waals surface area contributed by atoms with Crippen LogP contribution < -0.4 is 10.5 Å². The second-order valence-corrected chi connectivity index (χ2v) is 8.29. The van der Waals surface area contributed by atoms with Crippen LogP contribution in [0.3, 0.4) is 0 Å². The minimum Gasteiger partial charge on any atom is -0.506 e. The van der Waals surface area contributed by atoms with E-state index in [-0.39, 0.29) is 12.2 Å². The molecule has 0 saturated carbocycles. The number of aromatic hydroxyl groups is 1. The minimum atomic E-state index is -1.05. The molecule has 2 aromatic carbocycles. The van der Waals surface area contributed by atoms with Crippen LogP contribution in [-0.4, -0.2) is 22.2 Å². The number of phenols is 1. The molecule has 0 amide bonds. The number of hydrogen-bond donors (Lipinski definition) is 3. The summed E-state index contributed by atoms with van der Waals surface area (Å²) in [6.45, 7) is 0. The molecule has 0 radical (unpaired) electrons. The van der Waals surface area contributed by atoms with Gasteiger partial charge in [-0.2, -0.15) is 0 Å². The number of benzene rings is 2. The molecular formula is C15H11Br4NO4. The van der Waals surface area contributed by atoms with E-state index in [9.17, 15) is 9.90 Å². The summed E-state index contributed by atoms with van der Waals surface area (Å²) in [6, 6.07) is 5.81. The number of aliphatic carboxylic acids is 1. The van der Waals surface area contributed by atoms with Crippen LogP contribution in [0.2, 0.25) is 0 Å². The summed E-state index contributed by atoms with van der Waals surface area (Å²) in [6.07, 6.45) is 0.198. The van der Waals surface area contributed by atoms with Crippen LogP contribution in [0.1, 0.15) is 5.56 Å². The first-order valence-electron chi connectivity index (χ1n) is 6.51. The van der Waals surface area contributed by atoms with E-state index in [1.807, 2.05) is 0 Å². The Morgan fingerprint density at radius 2 is 1.54 bits per heavy atom. The molecule has 128 valence electrons. The van der Waals surface area contributed by atoms with Crippen LogP contribution in [0, 0.1) is 0 Å². The summed E-state index contributed by atoms with van der Waals surface area (Å²) in [4.78, 5) is 10.9. The average Bonchev–Trinajstić information content (AvgIpc) is 2.48. The third-order valence-corrected chi connectivity index (χ3v) is 5.43. The molecule has 0 aliphatic carbocycles. The van der Waals surface area contributed by atoms with Crippen LogP contribution >= 0.6 is 63.7 Å². The van der Waals surface area contributed by atoms with Crippen LogP contribution in [-0.2, 0) is 11.2 Å². The number of halogens is 4. The zero-order chi connectivity index (χ0) is 18.0. The maximum absolute atomic E-state index is 10.9. The summed E-state index contributed by atoms with van der Waals surface area (Å²) >= 11 is 13.3. The molecular weight excluding hydrogens is 578 g/mol. The number of ether oxygens (including phenoxy) is 1. The zero-order valence-corrected chi connectivity index (χ0v) is 18.2. The highest BCUT2D eigenvalue weighted by Crippen LogP contribution is 2.41. The number of carboxylic acids is 1. The predicted molar refractivity (Wildman–Crippen MR) is 105 cm³/mol. The van der Waals surface area contributed by atoms with Gasteiger partial charge >= 0.3 is 5.97 Å². The van der Waals surface area contributed by atoms with Crippen molar-refractivity contribution in [1.82, 2.24) is 0 Å². The topological polar surface area (TPSA) is 92.8 Å². The summed E-state index contributed by atoms with van der Waals surface area (Å²) in [5.41, 5.74) is 6.32. The molecule has 0 spiro atoms. The first-order valence-corrected chi connectivity index (χ1v) is 9.68. The van der Waals surface area contributed by atoms with Gasteiger partial charge in [-0.05, 0) is 100.0 Å². The lowest BCUT2D eigenvalue weighted by atomic mass is 10.1. The summed E-state index contributed by atoms with van der Waals surface area (Å²) in [7, 11) is 0. The number of rotatable bonds is 5. The van der Waals surface area contributed by atoms with Gasteiger partial charge in [0.05, 0.1) is 17.9 Å². The van der Waals surface area contributed by atoms with Gasteiger partial charge in [-0.15, -0.1) is 0 Å². The number of carboxylic acid groups (broad SMARTS) is 1. The average molecular weight is 589 g/mol. The van der Waals surface area contributed by atoms with Gasteiger partial charge in [0.1, 0.15) is 17.5 Å². The quantitative estimate of drug-likeness (QED) is 0.447. The lowest BCUT2D eigenvalue weighted by Gasteiger charge is -2.14. The Labute approximate surface area is 171 Å². The highest BCUT2D eigenvalue weighted by Gasteiger charge is 2.16. The summed E-state index contributed by atoms with van der Waals surface area (Å²) in [5.74, 6) is 0.0509. The van der Waals surface area contributed by atoms with Crippen molar-refractivity contribution in [3.63, 3.8) is 0 Å². The Morgan fingerprint density at radius 1 is 1.04 bits per heavy atom. The first-order chi connectivity index (χ1) is 11.2. The van der Waals surface area contributed by atoms with E-state index in [0.29, 0.717) is 29.4 Å². The molecule has 0 saturated heterocycles. The molecule has 0 bridgehead atoms. The molecule has 24 heavy (non-hydrogen) atoms. The van der Waals surface area contributed by atoms with E-state index in [4.69, 9.17) is 15.6 Å². The largest absolute Gasteiger partial charge is 0.506 e. The maximum atomic E-state index is 10.9. The second-order valence-electron chi connectivity index (χ2n) is 4.88. The van der Waals surface area contributed by atoms with Crippen molar-refractivity contribution >= 4 is 69.7 Å². The Balaban J connectivity index is 2.30. The maximum Gasteiger partial charge on any atom is 0.320 e. The first kappa shape index (κ1) is 19.7. The molecule has 0 unspecified atom stereocenters. The molecule has 2 rings (SSSR count). The van der Waals surface area contributed by atoms with Crippen molar-refractivity contribution in [1.29, 1.82) is 0 Å². The fourth-order valence-electron chi connectivity index (χ4n) is 1.89. The van der Waals surface area contributed by atoms with Crippen LogP contribution in [0.25, 0.3) is 0 Å². The standard InChI is InChI=1S/C15H11Br4NO4/c16-8-4-7(5-9(17)13(8)21)24-14-10(18)1-6(2-11(14)19)3-12(20)15(22)23/h1-2,4-5,12,21H,3,20H2,(H,22,23)/t12-/m1/s1. The molecule has 0 aliphatic rings. The highest BCUT2D eigenvalue weighted by molar-refractivity contribution is 9.11. The molecule has 2 aromatic rings. The zero-order valence-electron chi connectivity index (χ0n) is 11.9. The normalized spacial score (nSPS) is 12.0. The van der Waals surface area contributed by atoms with Gasteiger partial charge in [0.25, 0.3) is 0 Å². The fraction of sp³-hybridized carbons (Fsp3) is 0.133. The summed E-state index contributed by atoms with van der Waals surface area (Å²) in [5, 5.41) is 18.6. The van der Waals surface area contributed by atoms with Gasteiger partial charge in [0, 0.05) is 0 Å². The van der Waals surface area contributed by atoms with Crippen LogP contribution in [0.5, 0.6) is 17.2 Å². The molecule has 0 aliphatic heterocycles. The molecule has 0 aromatic heterocycles.